The second-order valence-electron chi connectivity index (χ2n) is 3.26. The first-order valence-corrected chi connectivity index (χ1v) is 5.41. The number of halogens is 1. The summed E-state index contributed by atoms with van der Waals surface area (Å²) in [5.41, 5.74) is 5.84. The van der Waals surface area contributed by atoms with Crippen molar-refractivity contribution in [3.8, 4) is 11.6 Å². The maximum absolute atomic E-state index is 11.4. The molecule has 0 radical (unpaired) electrons. The van der Waals surface area contributed by atoms with E-state index in [0.717, 1.165) is 4.47 Å². The molecule has 0 unspecified atom stereocenters. The molecule has 0 atom stereocenters. The molecular weight excluding hydrogens is 274 g/mol. The summed E-state index contributed by atoms with van der Waals surface area (Å²) in [6.45, 7) is 0.00466. The summed E-state index contributed by atoms with van der Waals surface area (Å²) in [5.74, 6) is -0.144. The molecule has 0 aliphatic carbocycles. The average molecular weight is 284 g/mol. The highest BCUT2D eigenvalue weighted by atomic mass is 79.9. The van der Waals surface area contributed by atoms with E-state index in [1.54, 1.807) is 12.1 Å². The third-order valence-corrected chi connectivity index (χ3v) is 2.79. The van der Waals surface area contributed by atoms with E-state index >= 15 is 0 Å². The molecule has 0 saturated carbocycles. The molecule has 6 heteroatoms. The molecule has 0 saturated heterocycles. The zero-order valence-electron chi connectivity index (χ0n) is 8.27. The Balaban J connectivity index is 2.56. The van der Waals surface area contributed by atoms with Gasteiger partial charge in [-0.05, 0) is 24.3 Å². The van der Waals surface area contributed by atoms with E-state index in [0.29, 0.717) is 5.69 Å². The van der Waals surface area contributed by atoms with E-state index in [4.69, 9.17) is 5.73 Å². The molecule has 84 valence electrons. The molecular formula is C10H10BrN3O2. The van der Waals surface area contributed by atoms with Gasteiger partial charge in [-0.15, -0.1) is 0 Å². The Labute approximate surface area is 99.6 Å². The number of hydrogen-bond donors (Lipinski definition) is 3. The van der Waals surface area contributed by atoms with Crippen LogP contribution in [0.5, 0.6) is 5.88 Å². The Morgan fingerprint density at radius 2 is 2.00 bits per heavy atom. The minimum absolute atomic E-state index is 0.00466. The van der Waals surface area contributed by atoms with E-state index < -0.39 is 0 Å². The number of aromatic hydroxyl groups is 1. The van der Waals surface area contributed by atoms with Gasteiger partial charge in [0.25, 0.3) is 5.56 Å². The van der Waals surface area contributed by atoms with Crippen molar-refractivity contribution in [3.05, 3.63) is 44.7 Å². The summed E-state index contributed by atoms with van der Waals surface area (Å²) >= 11 is 3.31. The summed E-state index contributed by atoms with van der Waals surface area (Å²) in [5, 5.41) is 12.3. The van der Waals surface area contributed by atoms with Gasteiger partial charge in [0.1, 0.15) is 0 Å². The third-order valence-electron chi connectivity index (χ3n) is 2.26. The summed E-state index contributed by atoms with van der Waals surface area (Å²) in [6.07, 6.45) is 0. The van der Waals surface area contributed by atoms with E-state index in [2.05, 4.69) is 21.0 Å². The molecule has 4 N–H and O–H groups in total. The van der Waals surface area contributed by atoms with Crippen molar-refractivity contribution in [2.45, 2.75) is 6.54 Å². The van der Waals surface area contributed by atoms with Gasteiger partial charge in [-0.1, -0.05) is 15.9 Å². The fourth-order valence-corrected chi connectivity index (χ4v) is 1.68. The first-order chi connectivity index (χ1) is 7.63. The summed E-state index contributed by atoms with van der Waals surface area (Å²) in [4.78, 5) is 11.4. The van der Waals surface area contributed by atoms with Gasteiger partial charge in [-0.25, -0.2) is 4.68 Å². The van der Waals surface area contributed by atoms with Gasteiger partial charge in [0.2, 0.25) is 5.88 Å². The van der Waals surface area contributed by atoms with Gasteiger partial charge in [0.15, 0.2) is 0 Å². The minimum atomic E-state index is -0.372. The number of aromatic amines is 1. The molecule has 0 amide bonds. The maximum Gasteiger partial charge on any atom is 0.272 e. The standard InChI is InChI=1S/C10H10BrN3O2/c11-6-1-3-7(4-2-6)14-10(16)8(5-12)9(15)13-14/h1-4,16H,5,12H2,(H,13,15). The number of rotatable bonds is 2. The molecule has 1 aromatic heterocycles. The number of benzene rings is 1. The fraction of sp³-hybridized carbons (Fsp3) is 0.100. The molecule has 0 aliphatic heterocycles. The number of aromatic nitrogens is 2. The topological polar surface area (TPSA) is 84.0 Å². The monoisotopic (exact) mass is 283 g/mol. The highest BCUT2D eigenvalue weighted by Gasteiger charge is 2.12. The largest absolute Gasteiger partial charge is 0.493 e. The van der Waals surface area contributed by atoms with Crippen molar-refractivity contribution < 1.29 is 5.11 Å². The van der Waals surface area contributed by atoms with Crippen molar-refractivity contribution in [2.24, 2.45) is 5.73 Å². The van der Waals surface area contributed by atoms with Gasteiger partial charge in [0.05, 0.1) is 11.3 Å². The highest BCUT2D eigenvalue weighted by molar-refractivity contribution is 9.10. The lowest BCUT2D eigenvalue weighted by Crippen LogP contribution is -2.10. The quantitative estimate of drug-likeness (QED) is 0.772. The van der Waals surface area contributed by atoms with Crippen molar-refractivity contribution in [2.75, 3.05) is 0 Å². The summed E-state index contributed by atoms with van der Waals surface area (Å²) in [7, 11) is 0. The second kappa shape index (κ2) is 4.15. The Bertz CT molecular complexity index is 556. The smallest absolute Gasteiger partial charge is 0.272 e. The van der Waals surface area contributed by atoms with Crippen molar-refractivity contribution in [3.63, 3.8) is 0 Å². The number of nitrogens with two attached hydrogens (primary N) is 1. The zero-order valence-corrected chi connectivity index (χ0v) is 9.86. The normalized spacial score (nSPS) is 10.6. The van der Waals surface area contributed by atoms with Crippen LogP contribution in [0.25, 0.3) is 5.69 Å². The molecule has 2 rings (SSSR count). The van der Waals surface area contributed by atoms with Crippen LogP contribution in [0, 0.1) is 0 Å². The van der Waals surface area contributed by atoms with Crippen LogP contribution in [0.4, 0.5) is 0 Å². The number of nitrogens with zero attached hydrogens (tertiary/aromatic N) is 1. The van der Waals surface area contributed by atoms with Crippen LogP contribution >= 0.6 is 15.9 Å². The SMILES string of the molecule is NCc1c(O)n(-c2ccc(Br)cc2)[nH]c1=O. The lowest BCUT2D eigenvalue weighted by molar-refractivity contribution is 0.428. The third kappa shape index (κ3) is 1.77. The first-order valence-electron chi connectivity index (χ1n) is 4.62. The predicted octanol–water partition coefficient (Wildman–Crippen LogP) is 1.09. The molecule has 16 heavy (non-hydrogen) atoms. The molecule has 0 bridgehead atoms. The minimum Gasteiger partial charge on any atom is -0.493 e. The van der Waals surface area contributed by atoms with E-state index in [1.807, 2.05) is 12.1 Å². The summed E-state index contributed by atoms with van der Waals surface area (Å²) in [6, 6.07) is 7.16. The molecule has 2 aromatic rings. The molecule has 0 aliphatic rings. The Morgan fingerprint density at radius 3 is 2.50 bits per heavy atom. The second-order valence-corrected chi connectivity index (χ2v) is 4.17. The lowest BCUT2D eigenvalue weighted by atomic mass is 10.3. The van der Waals surface area contributed by atoms with Gasteiger partial charge in [-0.2, -0.15) is 0 Å². The van der Waals surface area contributed by atoms with Gasteiger partial charge < -0.3 is 10.8 Å². The van der Waals surface area contributed by atoms with Crippen LogP contribution in [0.3, 0.4) is 0 Å². The maximum atomic E-state index is 11.4. The van der Waals surface area contributed by atoms with E-state index in [-0.39, 0.29) is 23.5 Å². The Kier molecular flexibility index (Phi) is 2.84. The van der Waals surface area contributed by atoms with Crippen LogP contribution in [0.15, 0.2) is 33.5 Å². The van der Waals surface area contributed by atoms with E-state index in [9.17, 15) is 9.90 Å². The van der Waals surface area contributed by atoms with E-state index in [1.165, 1.54) is 4.68 Å². The van der Waals surface area contributed by atoms with Crippen LogP contribution < -0.4 is 11.3 Å². The Hall–Kier alpha value is -1.53. The summed E-state index contributed by atoms with van der Waals surface area (Å²) < 4.78 is 2.22. The number of H-pyrrole nitrogens is 1. The Morgan fingerprint density at radius 1 is 1.38 bits per heavy atom. The molecule has 1 heterocycles. The average Bonchev–Trinajstić information content (AvgIpc) is 2.55. The number of hydrogen-bond acceptors (Lipinski definition) is 3. The van der Waals surface area contributed by atoms with Crippen LogP contribution in [-0.4, -0.2) is 14.9 Å². The highest BCUT2D eigenvalue weighted by Crippen LogP contribution is 2.19. The molecule has 0 spiro atoms. The van der Waals surface area contributed by atoms with Gasteiger partial charge in [-0.3, -0.25) is 9.89 Å². The van der Waals surface area contributed by atoms with Gasteiger partial charge in [0, 0.05) is 11.0 Å². The molecule has 0 fully saturated rings. The molecule has 1 aromatic carbocycles. The fourth-order valence-electron chi connectivity index (χ4n) is 1.42. The van der Waals surface area contributed by atoms with Crippen molar-refractivity contribution in [1.82, 2.24) is 9.78 Å². The van der Waals surface area contributed by atoms with Crippen LogP contribution in [0.2, 0.25) is 0 Å². The van der Waals surface area contributed by atoms with Crippen LogP contribution in [0.1, 0.15) is 5.56 Å². The predicted molar refractivity (Wildman–Crippen MR) is 63.6 cm³/mol. The first kappa shape index (κ1) is 11.0. The zero-order chi connectivity index (χ0) is 11.7. The van der Waals surface area contributed by atoms with Crippen molar-refractivity contribution >= 4 is 15.9 Å². The number of nitrogens with one attached hydrogen (secondary N) is 1. The van der Waals surface area contributed by atoms with Crippen LogP contribution in [-0.2, 0) is 6.54 Å². The van der Waals surface area contributed by atoms with Crippen molar-refractivity contribution in [1.29, 1.82) is 0 Å². The van der Waals surface area contributed by atoms with Gasteiger partial charge >= 0.3 is 0 Å². The lowest BCUT2D eigenvalue weighted by Gasteiger charge is -2.04. The molecule has 5 nitrogen and oxygen atoms in total.